The molecule has 0 saturated carbocycles. The molecule has 0 aliphatic carbocycles. The maximum absolute atomic E-state index is 13.6. The van der Waals surface area contributed by atoms with E-state index >= 15 is 0 Å². The SMILES string of the molecule is C[C@@H]1NC(=O)[C@H](CO)NC(=O)[C@@H](NC(=O)C2CCOCC2)Cc2ccc(cc2)OCCNC(=O)Cn2nc(-c3ccccc3)nc21. The number of hydrogen-bond acceptors (Lipinski definition) is 9. The summed E-state index contributed by atoms with van der Waals surface area (Å²) in [6.45, 7) is 2.19. The Morgan fingerprint density at radius 3 is 2.46 bits per heavy atom. The van der Waals surface area contributed by atoms with Crippen LogP contribution in [0.4, 0.5) is 0 Å². The third-order valence-electron chi connectivity index (χ3n) is 7.87. The number of fused-ring (bicyclic) bond motifs is 14. The van der Waals surface area contributed by atoms with Gasteiger partial charge in [-0.1, -0.05) is 42.5 Å². The summed E-state index contributed by atoms with van der Waals surface area (Å²) in [4.78, 5) is 57.5. The van der Waals surface area contributed by atoms with Gasteiger partial charge in [0, 0.05) is 31.1 Å². The third-order valence-corrected chi connectivity index (χ3v) is 7.87. The van der Waals surface area contributed by atoms with E-state index < -0.39 is 36.5 Å². The number of nitrogens with zero attached hydrogens (tertiary/aromatic N) is 3. The Labute approximate surface area is 266 Å². The molecule has 1 fully saturated rings. The maximum atomic E-state index is 13.6. The van der Waals surface area contributed by atoms with Crippen LogP contribution in [-0.4, -0.2) is 88.6 Å². The average molecular weight is 634 g/mol. The molecule has 3 aliphatic rings. The molecule has 0 unspecified atom stereocenters. The normalized spacial score (nSPS) is 22.0. The summed E-state index contributed by atoms with van der Waals surface area (Å²) in [7, 11) is 0. The molecule has 3 atom stereocenters. The molecule has 3 aliphatic heterocycles. The fraction of sp³-hybridized carbons (Fsp3) is 0.438. The van der Waals surface area contributed by atoms with Crippen molar-refractivity contribution in [2.75, 3.05) is 33.0 Å². The Bertz CT molecular complexity index is 1510. The molecule has 4 amide bonds. The monoisotopic (exact) mass is 633 g/mol. The van der Waals surface area contributed by atoms with E-state index in [0.29, 0.717) is 43.5 Å². The second-order valence-electron chi connectivity index (χ2n) is 11.3. The van der Waals surface area contributed by atoms with E-state index in [4.69, 9.17) is 9.47 Å². The zero-order valence-electron chi connectivity index (χ0n) is 25.6. The number of ether oxygens (including phenoxy) is 2. The summed E-state index contributed by atoms with van der Waals surface area (Å²) in [6, 6.07) is 13.1. The van der Waals surface area contributed by atoms with Crippen molar-refractivity contribution >= 4 is 23.6 Å². The van der Waals surface area contributed by atoms with Crippen LogP contribution in [0.5, 0.6) is 5.75 Å². The summed E-state index contributed by atoms with van der Waals surface area (Å²) >= 11 is 0. The molecule has 1 aromatic heterocycles. The van der Waals surface area contributed by atoms with Crippen LogP contribution in [0.15, 0.2) is 54.6 Å². The Balaban J connectivity index is 1.40. The average Bonchev–Trinajstić information content (AvgIpc) is 3.50. The number of carbonyl (C=O) groups is 4. The zero-order valence-corrected chi connectivity index (χ0v) is 25.6. The van der Waals surface area contributed by atoms with Gasteiger partial charge in [-0.15, -0.1) is 0 Å². The largest absolute Gasteiger partial charge is 0.492 e. The highest BCUT2D eigenvalue weighted by Gasteiger charge is 2.31. The van der Waals surface area contributed by atoms with E-state index in [-0.39, 0.29) is 43.8 Å². The van der Waals surface area contributed by atoms with Gasteiger partial charge in [0.25, 0.3) is 0 Å². The Morgan fingerprint density at radius 1 is 1.00 bits per heavy atom. The molecule has 3 aromatic rings. The number of rotatable bonds is 4. The van der Waals surface area contributed by atoms with Gasteiger partial charge in [-0.05, 0) is 37.5 Å². The van der Waals surface area contributed by atoms with Gasteiger partial charge in [0.1, 0.15) is 36.8 Å². The first-order valence-electron chi connectivity index (χ1n) is 15.4. The van der Waals surface area contributed by atoms with Crippen LogP contribution >= 0.6 is 0 Å². The van der Waals surface area contributed by atoms with Crippen LogP contribution in [0.2, 0.25) is 0 Å². The first kappa shape index (κ1) is 32.6. The van der Waals surface area contributed by atoms with E-state index in [1.165, 1.54) is 4.68 Å². The lowest BCUT2D eigenvalue weighted by molar-refractivity contribution is -0.135. The van der Waals surface area contributed by atoms with Crippen LogP contribution in [0, 0.1) is 5.92 Å². The van der Waals surface area contributed by atoms with Gasteiger partial charge in [0.2, 0.25) is 23.6 Å². The molecule has 2 aromatic carbocycles. The van der Waals surface area contributed by atoms with Crippen LogP contribution in [0.1, 0.15) is 37.2 Å². The lowest BCUT2D eigenvalue weighted by Crippen LogP contribution is -2.56. The highest BCUT2D eigenvalue weighted by atomic mass is 16.5. The van der Waals surface area contributed by atoms with Gasteiger partial charge in [0.05, 0.1) is 19.2 Å². The van der Waals surface area contributed by atoms with Crippen LogP contribution in [0.25, 0.3) is 11.4 Å². The Kier molecular flexibility index (Phi) is 10.9. The van der Waals surface area contributed by atoms with Crippen molar-refractivity contribution in [2.45, 2.75) is 50.9 Å². The van der Waals surface area contributed by atoms with Gasteiger partial charge in [-0.2, -0.15) is 5.10 Å². The minimum absolute atomic E-state index is 0.138. The highest BCUT2D eigenvalue weighted by Crippen LogP contribution is 2.20. The van der Waals surface area contributed by atoms with Crippen LogP contribution in [0.3, 0.4) is 0 Å². The molecule has 2 bridgehead atoms. The van der Waals surface area contributed by atoms with Crippen LogP contribution in [-0.2, 0) is 36.9 Å². The number of aliphatic hydroxyl groups excluding tert-OH is 1. The van der Waals surface area contributed by atoms with Gasteiger partial charge in [-0.25, -0.2) is 9.67 Å². The van der Waals surface area contributed by atoms with E-state index in [1.54, 1.807) is 31.2 Å². The molecule has 244 valence electrons. The van der Waals surface area contributed by atoms with Crippen molar-refractivity contribution in [3.8, 4) is 17.1 Å². The minimum Gasteiger partial charge on any atom is -0.492 e. The third kappa shape index (κ3) is 8.46. The number of aromatic nitrogens is 3. The number of nitrogens with one attached hydrogen (secondary N) is 4. The Hall–Kier alpha value is -4.82. The van der Waals surface area contributed by atoms with E-state index in [9.17, 15) is 24.3 Å². The number of hydrogen-bond donors (Lipinski definition) is 5. The molecular formula is C32H39N7O7. The molecule has 6 rings (SSSR count). The Morgan fingerprint density at radius 2 is 1.74 bits per heavy atom. The zero-order chi connectivity index (χ0) is 32.5. The van der Waals surface area contributed by atoms with Gasteiger partial charge in [-0.3, -0.25) is 19.2 Å². The van der Waals surface area contributed by atoms with Crippen molar-refractivity contribution in [1.82, 2.24) is 36.0 Å². The highest BCUT2D eigenvalue weighted by molar-refractivity contribution is 5.92. The van der Waals surface area contributed by atoms with Crippen molar-refractivity contribution in [3.05, 3.63) is 66.0 Å². The topological polar surface area (TPSA) is 186 Å². The van der Waals surface area contributed by atoms with Crippen LogP contribution < -0.4 is 26.0 Å². The smallest absolute Gasteiger partial charge is 0.245 e. The molecule has 46 heavy (non-hydrogen) atoms. The summed E-state index contributed by atoms with van der Waals surface area (Å²) in [5.74, 6) is -0.954. The van der Waals surface area contributed by atoms with Crippen molar-refractivity contribution in [1.29, 1.82) is 0 Å². The number of benzene rings is 2. The van der Waals surface area contributed by atoms with Crippen molar-refractivity contribution in [3.63, 3.8) is 0 Å². The van der Waals surface area contributed by atoms with Gasteiger partial charge >= 0.3 is 0 Å². The molecule has 4 heterocycles. The first-order chi connectivity index (χ1) is 22.3. The lowest BCUT2D eigenvalue weighted by Gasteiger charge is -2.26. The summed E-state index contributed by atoms with van der Waals surface area (Å²) in [5.41, 5.74) is 1.47. The second-order valence-corrected chi connectivity index (χ2v) is 11.3. The van der Waals surface area contributed by atoms with Crippen molar-refractivity contribution in [2.24, 2.45) is 5.92 Å². The molecule has 0 spiro atoms. The standard InChI is InChI=1S/C32H39N7O7/c1-20-29-37-28(22-5-3-2-4-6-22)38-39(29)18-27(41)33-13-16-46-24-9-7-21(8-10-24)17-25(31(43)36-26(19-40)32(44)34-20)35-30(42)23-11-14-45-15-12-23/h2-10,20,23,25-26,40H,11-19H2,1H3,(H,33,41)(H,34,44)(H,35,42)(H,36,43)/t20-,25-,26-/m0/s1. The van der Waals surface area contributed by atoms with Crippen molar-refractivity contribution < 1.29 is 33.8 Å². The van der Waals surface area contributed by atoms with E-state index in [2.05, 4.69) is 31.3 Å². The van der Waals surface area contributed by atoms with E-state index in [1.807, 2.05) is 30.3 Å². The molecule has 5 N–H and O–H groups in total. The fourth-order valence-electron chi connectivity index (χ4n) is 5.31. The number of carbonyl (C=O) groups excluding carboxylic acids is 4. The summed E-state index contributed by atoms with van der Waals surface area (Å²) in [5, 5.41) is 25.7. The molecule has 1 saturated heterocycles. The second kappa shape index (κ2) is 15.5. The summed E-state index contributed by atoms with van der Waals surface area (Å²) in [6.07, 6.45) is 1.23. The molecule has 14 nitrogen and oxygen atoms in total. The molecular weight excluding hydrogens is 594 g/mol. The number of aliphatic hydroxyl groups is 1. The summed E-state index contributed by atoms with van der Waals surface area (Å²) < 4.78 is 12.6. The quantitative estimate of drug-likeness (QED) is 0.269. The molecule has 14 heteroatoms. The minimum atomic E-state index is -1.33. The predicted molar refractivity (Wildman–Crippen MR) is 165 cm³/mol. The fourth-order valence-corrected chi connectivity index (χ4v) is 5.31. The van der Waals surface area contributed by atoms with E-state index in [0.717, 1.165) is 11.1 Å². The first-order valence-corrected chi connectivity index (χ1v) is 15.4. The lowest BCUT2D eigenvalue weighted by atomic mass is 9.97. The van der Waals surface area contributed by atoms with Gasteiger partial charge in [0.15, 0.2) is 5.82 Å². The maximum Gasteiger partial charge on any atom is 0.245 e. The molecule has 0 radical (unpaired) electrons. The van der Waals surface area contributed by atoms with Gasteiger partial charge < -0.3 is 35.8 Å². The predicted octanol–water partition coefficient (Wildman–Crippen LogP) is 0.262. The number of amides is 4.